The predicted molar refractivity (Wildman–Crippen MR) is 36.7 cm³/mol. The van der Waals surface area contributed by atoms with Gasteiger partial charge in [0, 0.05) is 10.8 Å². The van der Waals surface area contributed by atoms with Gasteiger partial charge in [-0.3, -0.25) is 0 Å². The summed E-state index contributed by atoms with van der Waals surface area (Å²) in [5, 5.41) is 20.4. The Morgan fingerprint density at radius 2 is 2.30 bits per heavy atom. The molecule has 0 spiro atoms. The highest BCUT2D eigenvalue weighted by molar-refractivity contribution is 6.18. The van der Waals surface area contributed by atoms with Gasteiger partial charge in [-0.05, 0) is 5.53 Å². The first-order valence-electron chi connectivity index (χ1n) is 2.65. The Labute approximate surface area is 62.9 Å². The lowest BCUT2D eigenvalue weighted by atomic mass is 10.2. The maximum Gasteiger partial charge on any atom is 0.0867 e. The van der Waals surface area contributed by atoms with Crippen molar-refractivity contribution in [3.8, 4) is 0 Å². The molecular formula is C4H8ClN3O2. The zero-order valence-electron chi connectivity index (χ0n) is 5.18. The van der Waals surface area contributed by atoms with E-state index in [4.69, 9.17) is 27.3 Å². The van der Waals surface area contributed by atoms with E-state index in [2.05, 4.69) is 10.0 Å². The summed E-state index contributed by atoms with van der Waals surface area (Å²) in [6, 6.07) is -0.739. The lowest BCUT2D eigenvalue weighted by molar-refractivity contribution is 0.0798. The fourth-order valence-electron chi connectivity index (χ4n) is 0.399. The summed E-state index contributed by atoms with van der Waals surface area (Å²) < 4.78 is 0. The lowest BCUT2D eigenvalue weighted by Gasteiger charge is -2.11. The molecule has 2 atom stereocenters. The number of azide groups is 1. The molecule has 0 saturated carbocycles. The Kier molecular flexibility index (Phi) is 5.06. The van der Waals surface area contributed by atoms with Crippen LogP contribution in [-0.2, 0) is 0 Å². The minimum atomic E-state index is -1.06. The molecule has 0 rings (SSSR count). The van der Waals surface area contributed by atoms with E-state index in [1.54, 1.807) is 0 Å². The quantitative estimate of drug-likeness (QED) is 0.271. The number of hydrogen-bond donors (Lipinski definition) is 2. The molecular weight excluding hydrogens is 158 g/mol. The molecule has 6 heteroatoms. The van der Waals surface area contributed by atoms with Crippen LogP contribution in [0.3, 0.4) is 0 Å². The molecule has 10 heavy (non-hydrogen) atoms. The van der Waals surface area contributed by atoms with Crippen LogP contribution >= 0.6 is 11.6 Å². The monoisotopic (exact) mass is 165 g/mol. The van der Waals surface area contributed by atoms with Gasteiger partial charge in [0.25, 0.3) is 0 Å². The summed E-state index contributed by atoms with van der Waals surface area (Å²) in [7, 11) is 0. The highest BCUT2D eigenvalue weighted by Gasteiger charge is 2.14. The largest absolute Gasteiger partial charge is 0.394 e. The molecule has 0 amide bonds. The summed E-state index contributed by atoms with van der Waals surface area (Å²) in [5.74, 6) is 0.00574. The maximum atomic E-state index is 8.85. The van der Waals surface area contributed by atoms with Crippen LogP contribution in [0.1, 0.15) is 0 Å². The van der Waals surface area contributed by atoms with E-state index in [9.17, 15) is 0 Å². The van der Waals surface area contributed by atoms with Gasteiger partial charge in [-0.1, -0.05) is 5.11 Å². The molecule has 0 aromatic carbocycles. The molecule has 0 heterocycles. The maximum absolute atomic E-state index is 8.85. The van der Waals surface area contributed by atoms with Gasteiger partial charge >= 0.3 is 0 Å². The van der Waals surface area contributed by atoms with Crippen molar-refractivity contribution in [3.05, 3.63) is 10.4 Å². The van der Waals surface area contributed by atoms with Crippen LogP contribution in [0.4, 0.5) is 0 Å². The predicted octanol–water partition coefficient (Wildman–Crippen LogP) is 0.257. The summed E-state index contributed by atoms with van der Waals surface area (Å²) in [5.41, 5.74) is 7.92. The van der Waals surface area contributed by atoms with Gasteiger partial charge in [-0.2, -0.15) is 0 Å². The molecule has 0 aliphatic heterocycles. The SMILES string of the molecule is [N-]=[N+]=NC(CCl)C(O)CO. The van der Waals surface area contributed by atoms with Crippen LogP contribution < -0.4 is 0 Å². The average molecular weight is 166 g/mol. The van der Waals surface area contributed by atoms with Crippen LogP contribution in [0, 0.1) is 0 Å². The number of alkyl halides is 1. The van der Waals surface area contributed by atoms with Crippen LogP contribution in [0.5, 0.6) is 0 Å². The fourth-order valence-corrected chi connectivity index (χ4v) is 0.666. The van der Waals surface area contributed by atoms with Gasteiger partial charge in [0.15, 0.2) is 0 Å². The van der Waals surface area contributed by atoms with Crippen molar-refractivity contribution >= 4 is 11.6 Å². The highest BCUT2D eigenvalue weighted by Crippen LogP contribution is 2.01. The minimum Gasteiger partial charge on any atom is -0.394 e. The van der Waals surface area contributed by atoms with Crippen LogP contribution in [-0.4, -0.2) is 34.8 Å². The molecule has 0 saturated heterocycles. The lowest BCUT2D eigenvalue weighted by Crippen LogP contribution is -2.28. The fraction of sp³-hybridized carbons (Fsp3) is 1.00. The van der Waals surface area contributed by atoms with E-state index in [1.807, 2.05) is 0 Å². The molecule has 0 aliphatic rings. The number of halogens is 1. The van der Waals surface area contributed by atoms with Crippen molar-refractivity contribution in [1.29, 1.82) is 0 Å². The summed E-state index contributed by atoms with van der Waals surface area (Å²) >= 11 is 5.28. The van der Waals surface area contributed by atoms with Crippen LogP contribution in [0.25, 0.3) is 10.4 Å². The van der Waals surface area contributed by atoms with E-state index in [0.717, 1.165) is 0 Å². The van der Waals surface area contributed by atoms with Crippen molar-refractivity contribution in [3.63, 3.8) is 0 Å². The molecule has 0 fully saturated rings. The number of aliphatic hydroxyl groups excluding tert-OH is 2. The first-order chi connectivity index (χ1) is 4.76. The third-order valence-electron chi connectivity index (χ3n) is 0.989. The Bertz CT molecular complexity index is 136. The van der Waals surface area contributed by atoms with E-state index >= 15 is 0 Å². The summed E-state index contributed by atoms with van der Waals surface area (Å²) in [6.45, 7) is -0.448. The molecule has 5 nitrogen and oxygen atoms in total. The van der Waals surface area contributed by atoms with Crippen LogP contribution in [0.15, 0.2) is 5.11 Å². The first-order valence-corrected chi connectivity index (χ1v) is 3.18. The molecule has 2 unspecified atom stereocenters. The number of hydrogen-bond acceptors (Lipinski definition) is 3. The first kappa shape index (κ1) is 9.52. The van der Waals surface area contributed by atoms with Gasteiger partial charge in [0.2, 0.25) is 0 Å². The van der Waals surface area contributed by atoms with E-state index in [-0.39, 0.29) is 5.88 Å². The van der Waals surface area contributed by atoms with Crippen molar-refractivity contribution in [2.45, 2.75) is 12.1 Å². The van der Waals surface area contributed by atoms with Crippen molar-refractivity contribution < 1.29 is 10.2 Å². The second-order valence-electron chi connectivity index (χ2n) is 1.68. The van der Waals surface area contributed by atoms with Crippen molar-refractivity contribution in [2.75, 3.05) is 12.5 Å². The van der Waals surface area contributed by atoms with Gasteiger partial charge in [-0.15, -0.1) is 11.6 Å². The Morgan fingerprint density at radius 3 is 2.60 bits per heavy atom. The standard InChI is InChI=1S/C4H8ClN3O2/c5-1-3(7-8-6)4(10)2-9/h3-4,9-10H,1-2H2. The molecule has 2 N–H and O–H groups in total. The number of nitrogens with zero attached hydrogens (tertiary/aromatic N) is 3. The molecule has 0 aromatic rings. The second kappa shape index (κ2) is 5.32. The second-order valence-corrected chi connectivity index (χ2v) is 1.99. The minimum absolute atomic E-state index is 0.00574. The third kappa shape index (κ3) is 2.89. The summed E-state index contributed by atoms with van der Waals surface area (Å²) in [6.07, 6.45) is -1.06. The van der Waals surface area contributed by atoms with E-state index in [0.29, 0.717) is 0 Å². The molecule has 0 aromatic heterocycles. The Hall–Kier alpha value is -0.480. The van der Waals surface area contributed by atoms with Crippen molar-refractivity contribution in [2.24, 2.45) is 5.11 Å². The number of rotatable bonds is 4. The topological polar surface area (TPSA) is 89.2 Å². The normalized spacial score (nSPS) is 15.5. The van der Waals surface area contributed by atoms with E-state index in [1.165, 1.54) is 0 Å². The van der Waals surface area contributed by atoms with Gasteiger partial charge in [-0.25, -0.2) is 0 Å². The molecule has 0 bridgehead atoms. The average Bonchev–Trinajstić information content (AvgIpc) is 1.99. The Balaban J connectivity index is 3.91. The molecule has 58 valence electrons. The third-order valence-corrected chi connectivity index (χ3v) is 1.31. The van der Waals surface area contributed by atoms with Crippen LogP contribution in [0.2, 0.25) is 0 Å². The highest BCUT2D eigenvalue weighted by atomic mass is 35.5. The van der Waals surface area contributed by atoms with Gasteiger partial charge in [0.1, 0.15) is 0 Å². The van der Waals surface area contributed by atoms with Gasteiger partial charge in [0.05, 0.1) is 18.8 Å². The number of aliphatic hydroxyl groups is 2. The zero-order valence-corrected chi connectivity index (χ0v) is 5.94. The van der Waals surface area contributed by atoms with Gasteiger partial charge < -0.3 is 10.2 Å². The Morgan fingerprint density at radius 1 is 1.70 bits per heavy atom. The molecule has 0 radical (unpaired) electrons. The zero-order chi connectivity index (χ0) is 7.98. The van der Waals surface area contributed by atoms with Crippen molar-refractivity contribution in [1.82, 2.24) is 0 Å². The summed E-state index contributed by atoms with van der Waals surface area (Å²) in [4.78, 5) is 2.45. The smallest absolute Gasteiger partial charge is 0.0867 e. The molecule has 0 aliphatic carbocycles. The van der Waals surface area contributed by atoms with E-state index < -0.39 is 18.8 Å².